The molecule has 5 heteroatoms. The number of hydrogen-bond donors (Lipinski definition) is 0. The van der Waals surface area contributed by atoms with Crippen LogP contribution < -0.4 is 0 Å². The van der Waals surface area contributed by atoms with Gasteiger partial charge in [-0.3, -0.25) is 14.6 Å². The van der Waals surface area contributed by atoms with Crippen LogP contribution in [0.5, 0.6) is 0 Å². The van der Waals surface area contributed by atoms with Gasteiger partial charge in [-0.05, 0) is 57.7 Å². The van der Waals surface area contributed by atoms with Gasteiger partial charge in [0.2, 0.25) is 11.8 Å². The van der Waals surface area contributed by atoms with E-state index in [1.807, 2.05) is 42.7 Å². The van der Waals surface area contributed by atoms with E-state index in [1.54, 1.807) is 12.4 Å². The first kappa shape index (κ1) is 19.6. The molecule has 2 fully saturated rings. The van der Waals surface area contributed by atoms with Crippen LogP contribution in [0.4, 0.5) is 0 Å². The van der Waals surface area contributed by atoms with Crippen LogP contribution in [0.1, 0.15) is 52.0 Å². The lowest BCUT2D eigenvalue weighted by Gasteiger charge is -2.49. The standard InChI is InChI=1S/C22H31N3O2/c1-17(2)21(3,4)20(27)24-13-5-9-22(15-24)10-6-19(26)25(16-22)14-18-7-11-23-12-8-18/h7-8,11-12H,1,5-6,9-10,13-16H2,2-4H3/t22-/m1/s1. The Hall–Kier alpha value is -2.17. The van der Waals surface area contributed by atoms with Crippen LogP contribution in [0.15, 0.2) is 36.7 Å². The number of carbonyl (C=O) groups excluding carboxylic acids is 2. The molecule has 0 aliphatic carbocycles. The number of pyridine rings is 1. The SMILES string of the molecule is C=C(C)C(C)(C)C(=O)N1CCC[C@@]2(CCC(=O)N(Cc3ccncc3)C2)C1. The molecule has 2 amide bonds. The fourth-order valence-corrected chi connectivity index (χ4v) is 4.25. The summed E-state index contributed by atoms with van der Waals surface area (Å²) in [6.07, 6.45) is 7.03. The number of piperidine rings is 2. The molecule has 3 heterocycles. The highest BCUT2D eigenvalue weighted by molar-refractivity contribution is 5.85. The molecule has 0 radical (unpaired) electrons. The lowest BCUT2D eigenvalue weighted by atomic mass is 9.72. The third kappa shape index (κ3) is 4.07. The van der Waals surface area contributed by atoms with Gasteiger partial charge in [0, 0.05) is 50.4 Å². The van der Waals surface area contributed by atoms with E-state index in [0.717, 1.165) is 50.0 Å². The van der Waals surface area contributed by atoms with Gasteiger partial charge in [0.05, 0.1) is 5.41 Å². The third-order valence-corrected chi connectivity index (χ3v) is 6.42. The normalized spacial score (nSPS) is 23.6. The van der Waals surface area contributed by atoms with Gasteiger partial charge >= 0.3 is 0 Å². The highest BCUT2D eigenvalue weighted by atomic mass is 16.2. The van der Waals surface area contributed by atoms with Crippen LogP contribution in [0.3, 0.4) is 0 Å². The predicted molar refractivity (Wildman–Crippen MR) is 106 cm³/mol. The monoisotopic (exact) mass is 369 g/mol. The maximum Gasteiger partial charge on any atom is 0.232 e. The van der Waals surface area contributed by atoms with Gasteiger partial charge in [0.1, 0.15) is 0 Å². The van der Waals surface area contributed by atoms with Crippen LogP contribution >= 0.6 is 0 Å². The average molecular weight is 370 g/mol. The van der Waals surface area contributed by atoms with Crippen molar-refractivity contribution in [1.82, 2.24) is 14.8 Å². The quantitative estimate of drug-likeness (QED) is 0.764. The molecule has 0 bridgehead atoms. The summed E-state index contributed by atoms with van der Waals surface area (Å²) < 4.78 is 0. The van der Waals surface area contributed by atoms with Crippen LogP contribution in [0, 0.1) is 10.8 Å². The average Bonchev–Trinajstić information content (AvgIpc) is 2.65. The van der Waals surface area contributed by atoms with E-state index in [4.69, 9.17) is 0 Å². The zero-order valence-corrected chi connectivity index (χ0v) is 16.8. The number of hydrogen-bond acceptors (Lipinski definition) is 3. The van der Waals surface area contributed by atoms with E-state index < -0.39 is 5.41 Å². The molecule has 0 saturated carbocycles. The van der Waals surface area contributed by atoms with Crippen molar-refractivity contribution in [2.24, 2.45) is 10.8 Å². The summed E-state index contributed by atoms with van der Waals surface area (Å²) in [4.78, 5) is 33.6. The van der Waals surface area contributed by atoms with Crippen LogP contribution in [0.25, 0.3) is 0 Å². The van der Waals surface area contributed by atoms with Crippen molar-refractivity contribution in [1.29, 1.82) is 0 Å². The Bertz CT molecular complexity index is 728. The molecule has 0 unspecified atom stereocenters. The van der Waals surface area contributed by atoms with Crippen molar-refractivity contribution < 1.29 is 9.59 Å². The molecule has 1 spiro atoms. The second-order valence-corrected chi connectivity index (χ2v) is 8.84. The minimum absolute atomic E-state index is 0.0139. The van der Waals surface area contributed by atoms with E-state index >= 15 is 0 Å². The van der Waals surface area contributed by atoms with Gasteiger partial charge in [-0.2, -0.15) is 0 Å². The van der Waals surface area contributed by atoms with Crippen molar-refractivity contribution in [3.05, 3.63) is 42.2 Å². The lowest BCUT2D eigenvalue weighted by molar-refractivity contribution is -0.147. The van der Waals surface area contributed by atoms with Crippen molar-refractivity contribution in [3.63, 3.8) is 0 Å². The molecule has 146 valence electrons. The zero-order valence-electron chi connectivity index (χ0n) is 16.8. The van der Waals surface area contributed by atoms with E-state index in [0.29, 0.717) is 13.0 Å². The Morgan fingerprint density at radius 1 is 1.26 bits per heavy atom. The van der Waals surface area contributed by atoms with Gasteiger partial charge < -0.3 is 9.80 Å². The highest BCUT2D eigenvalue weighted by Gasteiger charge is 2.44. The zero-order chi connectivity index (χ0) is 19.7. The number of rotatable bonds is 4. The van der Waals surface area contributed by atoms with Crippen molar-refractivity contribution in [3.8, 4) is 0 Å². The first-order valence-electron chi connectivity index (χ1n) is 9.86. The highest BCUT2D eigenvalue weighted by Crippen LogP contribution is 2.41. The van der Waals surface area contributed by atoms with E-state index in [2.05, 4.69) is 11.6 Å². The molecule has 1 aromatic rings. The topological polar surface area (TPSA) is 53.5 Å². The Morgan fingerprint density at radius 3 is 2.63 bits per heavy atom. The van der Waals surface area contributed by atoms with Crippen molar-refractivity contribution >= 4 is 11.8 Å². The van der Waals surface area contributed by atoms with Gasteiger partial charge in [-0.1, -0.05) is 12.2 Å². The van der Waals surface area contributed by atoms with E-state index in [1.165, 1.54) is 0 Å². The second-order valence-electron chi connectivity index (χ2n) is 8.84. The summed E-state index contributed by atoms with van der Waals surface area (Å²) in [6, 6.07) is 3.92. The fourth-order valence-electron chi connectivity index (χ4n) is 4.25. The minimum Gasteiger partial charge on any atom is -0.341 e. The summed E-state index contributed by atoms with van der Waals surface area (Å²) >= 11 is 0. The summed E-state index contributed by atoms with van der Waals surface area (Å²) in [7, 11) is 0. The molecule has 2 saturated heterocycles. The van der Waals surface area contributed by atoms with Gasteiger partial charge in [0.15, 0.2) is 0 Å². The fraction of sp³-hybridized carbons (Fsp3) is 0.591. The molecule has 1 atom stereocenters. The second kappa shape index (κ2) is 7.45. The Labute approximate surface area is 162 Å². The smallest absolute Gasteiger partial charge is 0.232 e. The van der Waals surface area contributed by atoms with Crippen molar-refractivity contribution in [2.75, 3.05) is 19.6 Å². The van der Waals surface area contributed by atoms with Gasteiger partial charge in [-0.25, -0.2) is 0 Å². The predicted octanol–water partition coefficient (Wildman–Crippen LogP) is 3.42. The van der Waals surface area contributed by atoms with Crippen LogP contribution in [-0.4, -0.2) is 46.2 Å². The molecular weight excluding hydrogens is 338 g/mol. The number of aromatic nitrogens is 1. The Kier molecular flexibility index (Phi) is 5.41. The third-order valence-electron chi connectivity index (χ3n) is 6.42. The van der Waals surface area contributed by atoms with Gasteiger partial charge in [0.25, 0.3) is 0 Å². The summed E-state index contributed by atoms with van der Waals surface area (Å²) in [6.45, 7) is 12.7. The molecule has 2 aliphatic rings. The number of carbonyl (C=O) groups is 2. The van der Waals surface area contributed by atoms with Crippen LogP contribution in [0.2, 0.25) is 0 Å². The molecule has 0 N–H and O–H groups in total. The van der Waals surface area contributed by atoms with Crippen molar-refractivity contribution in [2.45, 2.75) is 53.0 Å². The maximum atomic E-state index is 13.1. The lowest BCUT2D eigenvalue weighted by Crippen LogP contribution is -2.56. The molecule has 1 aromatic heterocycles. The molecule has 3 rings (SSSR count). The molecule has 2 aliphatic heterocycles. The number of likely N-dealkylation sites (tertiary alicyclic amines) is 2. The summed E-state index contributed by atoms with van der Waals surface area (Å²) in [5, 5.41) is 0. The summed E-state index contributed by atoms with van der Waals surface area (Å²) in [5.41, 5.74) is 1.47. The molecule has 27 heavy (non-hydrogen) atoms. The molecule has 0 aromatic carbocycles. The van der Waals surface area contributed by atoms with E-state index in [-0.39, 0.29) is 17.2 Å². The maximum absolute atomic E-state index is 13.1. The minimum atomic E-state index is -0.542. The Morgan fingerprint density at radius 2 is 1.96 bits per heavy atom. The first-order chi connectivity index (χ1) is 12.7. The molecular formula is C22H31N3O2. The first-order valence-corrected chi connectivity index (χ1v) is 9.86. The Balaban J connectivity index is 1.74. The molecule has 5 nitrogen and oxygen atoms in total. The van der Waals surface area contributed by atoms with E-state index in [9.17, 15) is 9.59 Å². The van der Waals surface area contributed by atoms with Gasteiger partial charge in [-0.15, -0.1) is 0 Å². The summed E-state index contributed by atoms with van der Waals surface area (Å²) in [5.74, 6) is 0.370. The van der Waals surface area contributed by atoms with Crippen LogP contribution in [-0.2, 0) is 16.1 Å². The largest absolute Gasteiger partial charge is 0.341 e. The number of nitrogens with zero attached hydrogens (tertiary/aromatic N) is 3. The number of amides is 2.